The summed E-state index contributed by atoms with van der Waals surface area (Å²) in [5.41, 5.74) is 0. The molecule has 0 spiro atoms. The Morgan fingerprint density at radius 1 is 1.00 bits per heavy atom. The minimum Gasteiger partial charge on any atom is -0.497 e. The van der Waals surface area contributed by atoms with Crippen molar-refractivity contribution < 1.29 is 23.4 Å². The Morgan fingerprint density at radius 3 is 2.42 bits per heavy atom. The summed E-state index contributed by atoms with van der Waals surface area (Å²) in [6.07, 6.45) is 0.228. The molecule has 0 saturated heterocycles. The monoisotopic (exact) mass is 333 g/mol. The van der Waals surface area contributed by atoms with Gasteiger partial charge >= 0.3 is 0 Å². The second kappa shape index (κ2) is 9.39. The summed E-state index contributed by atoms with van der Waals surface area (Å²) in [6, 6.07) is 13.3. The molecule has 0 saturated carbocycles. The summed E-state index contributed by atoms with van der Waals surface area (Å²) < 4.78 is 29.1. The highest BCUT2D eigenvalue weighted by Crippen LogP contribution is 2.17. The van der Waals surface area contributed by atoms with Gasteiger partial charge in [0.1, 0.15) is 18.1 Å². The van der Waals surface area contributed by atoms with Gasteiger partial charge in [0.2, 0.25) is 5.91 Å². The average molecular weight is 333 g/mol. The SMILES string of the molecule is COc1ccc(OCCC(=O)NCCOc2ccccc2F)cc1. The highest BCUT2D eigenvalue weighted by atomic mass is 19.1. The second-order valence-electron chi connectivity index (χ2n) is 4.90. The summed E-state index contributed by atoms with van der Waals surface area (Å²) in [5, 5.41) is 2.69. The molecule has 0 unspecified atom stereocenters. The first-order valence-electron chi connectivity index (χ1n) is 7.60. The third-order valence-electron chi connectivity index (χ3n) is 3.18. The molecule has 0 atom stereocenters. The van der Waals surface area contributed by atoms with E-state index in [9.17, 15) is 9.18 Å². The van der Waals surface area contributed by atoms with Crippen LogP contribution in [-0.4, -0.2) is 32.8 Å². The molecular formula is C18H20FNO4. The fraction of sp³-hybridized carbons (Fsp3) is 0.278. The summed E-state index contributed by atoms with van der Waals surface area (Å²) >= 11 is 0. The van der Waals surface area contributed by atoms with Crippen molar-refractivity contribution in [3.63, 3.8) is 0 Å². The van der Waals surface area contributed by atoms with Crippen LogP contribution in [0, 0.1) is 5.82 Å². The summed E-state index contributed by atoms with van der Waals surface area (Å²) in [5.74, 6) is 1.02. The third-order valence-corrected chi connectivity index (χ3v) is 3.18. The van der Waals surface area contributed by atoms with Crippen LogP contribution >= 0.6 is 0 Å². The molecule has 0 aliphatic carbocycles. The van der Waals surface area contributed by atoms with Gasteiger partial charge in [0, 0.05) is 0 Å². The molecule has 6 heteroatoms. The lowest BCUT2D eigenvalue weighted by Gasteiger charge is -2.09. The van der Waals surface area contributed by atoms with E-state index in [1.807, 2.05) is 0 Å². The zero-order valence-electron chi connectivity index (χ0n) is 13.5. The Bertz CT molecular complexity index is 646. The Morgan fingerprint density at radius 2 is 1.71 bits per heavy atom. The number of amides is 1. The topological polar surface area (TPSA) is 56.8 Å². The van der Waals surface area contributed by atoms with E-state index in [0.29, 0.717) is 12.3 Å². The number of ether oxygens (including phenoxy) is 3. The van der Waals surface area contributed by atoms with E-state index in [4.69, 9.17) is 14.2 Å². The van der Waals surface area contributed by atoms with Gasteiger partial charge in [0.05, 0.1) is 26.7 Å². The van der Waals surface area contributed by atoms with Crippen molar-refractivity contribution in [3.05, 3.63) is 54.3 Å². The fourth-order valence-corrected chi connectivity index (χ4v) is 1.94. The number of hydrogen-bond acceptors (Lipinski definition) is 4. The van der Waals surface area contributed by atoms with Crippen molar-refractivity contribution in [2.75, 3.05) is 26.9 Å². The van der Waals surface area contributed by atoms with Gasteiger partial charge in [0.25, 0.3) is 0 Å². The number of para-hydroxylation sites is 1. The van der Waals surface area contributed by atoms with Crippen LogP contribution in [0.1, 0.15) is 6.42 Å². The number of nitrogens with one attached hydrogen (secondary N) is 1. The number of rotatable bonds is 9. The largest absolute Gasteiger partial charge is 0.497 e. The maximum absolute atomic E-state index is 13.3. The fourth-order valence-electron chi connectivity index (χ4n) is 1.94. The normalized spacial score (nSPS) is 10.1. The Hall–Kier alpha value is -2.76. The first-order chi connectivity index (χ1) is 11.7. The second-order valence-corrected chi connectivity index (χ2v) is 4.90. The first-order valence-corrected chi connectivity index (χ1v) is 7.60. The highest BCUT2D eigenvalue weighted by Gasteiger charge is 2.04. The summed E-state index contributed by atoms with van der Waals surface area (Å²) in [6.45, 7) is 0.772. The third kappa shape index (κ3) is 5.79. The molecule has 1 amide bonds. The maximum atomic E-state index is 13.3. The van der Waals surface area contributed by atoms with E-state index < -0.39 is 5.82 Å². The molecule has 0 radical (unpaired) electrons. The predicted octanol–water partition coefficient (Wildman–Crippen LogP) is 2.80. The van der Waals surface area contributed by atoms with Crippen molar-refractivity contribution in [1.82, 2.24) is 5.32 Å². The quantitative estimate of drug-likeness (QED) is 0.717. The molecule has 128 valence electrons. The number of hydrogen-bond donors (Lipinski definition) is 1. The van der Waals surface area contributed by atoms with Gasteiger partial charge in [-0.25, -0.2) is 4.39 Å². The molecule has 0 heterocycles. The van der Waals surface area contributed by atoms with Crippen LogP contribution in [0.2, 0.25) is 0 Å². The molecule has 0 fully saturated rings. The Labute approximate surface area is 140 Å². The molecule has 2 rings (SSSR count). The van der Waals surface area contributed by atoms with Gasteiger partial charge in [0.15, 0.2) is 11.6 Å². The molecule has 24 heavy (non-hydrogen) atoms. The molecular weight excluding hydrogens is 313 g/mol. The van der Waals surface area contributed by atoms with E-state index in [-0.39, 0.29) is 31.3 Å². The molecule has 0 aliphatic rings. The number of halogens is 1. The van der Waals surface area contributed by atoms with Crippen molar-refractivity contribution >= 4 is 5.91 Å². The van der Waals surface area contributed by atoms with Crippen LogP contribution in [0.5, 0.6) is 17.2 Å². The maximum Gasteiger partial charge on any atom is 0.223 e. The molecule has 0 aromatic heterocycles. The lowest BCUT2D eigenvalue weighted by atomic mass is 10.3. The first kappa shape index (κ1) is 17.6. The predicted molar refractivity (Wildman–Crippen MR) is 88.0 cm³/mol. The lowest BCUT2D eigenvalue weighted by Crippen LogP contribution is -2.29. The van der Waals surface area contributed by atoms with E-state index in [1.54, 1.807) is 49.6 Å². The van der Waals surface area contributed by atoms with Crippen LogP contribution in [0.4, 0.5) is 4.39 Å². The molecule has 5 nitrogen and oxygen atoms in total. The molecule has 0 aliphatic heterocycles. The molecule has 0 bridgehead atoms. The standard InChI is InChI=1S/C18H20FNO4/c1-22-14-6-8-15(9-7-14)23-12-10-18(21)20-11-13-24-17-5-3-2-4-16(17)19/h2-9H,10-13H2,1H3,(H,20,21). The molecule has 1 N–H and O–H groups in total. The van der Waals surface area contributed by atoms with Gasteiger partial charge in [-0.05, 0) is 36.4 Å². The van der Waals surface area contributed by atoms with Crippen LogP contribution in [0.25, 0.3) is 0 Å². The average Bonchev–Trinajstić information content (AvgIpc) is 2.61. The van der Waals surface area contributed by atoms with Crippen molar-refractivity contribution in [2.24, 2.45) is 0 Å². The van der Waals surface area contributed by atoms with Crippen LogP contribution in [-0.2, 0) is 4.79 Å². The van der Waals surface area contributed by atoms with Crippen LogP contribution in [0.15, 0.2) is 48.5 Å². The van der Waals surface area contributed by atoms with E-state index in [0.717, 1.165) is 5.75 Å². The van der Waals surface area contributed by atoms with Crippen molar-refractivity contribution in [2.45, 2.75) is 6.42 Å². The van der Waals surface area contributed by atoms with Gasteiger partial charge in [-0.1, -0.05) is 12.1 Å². The minimum atomic E-state index is -0.420. The van der Waals surface area contributed by atoms with E-state index >= 15 is 0 Å². The Kier molecular flexibility index (Phi) is 6.89. The highest BCUT2D eigenvalue weighted by molar-refractivity contribution is 5.75. The number of methoxy groups -OCH3 is 1. The number of carbonyl (C=O) groups excluding carboxylic acids is 1. The van der Waals surface area contributed by atoms with Gasteiger partial charge in [-0.3, -0.25) is 4.79 Å². The molecule has 2 aromatic carbocycles. The molecule has 2 aromatic rings. The summed E-state index contributed by atoms with van der Waals surface area (Å²) in [4.78, 5) is 11.7. The number of carbonyl (C=O) groups is 1. The van der Waals surface area contributed by atoms with Gasteiger partial charge < -0.3 is 19.5 Å². The number of benzene rings is 2. The lowest BCUT2D eigenvalue weighted by molar-refractivity contribution is -0.121. The van der Waals surface area contributed by atoms with E-state index in [2.05, 4.69) is 5.32 Å². The van der Waals surface area contributed by atoms with Gasteiger partial charge in [-0.2, -0.15) is 0 Å². The summed E-state index contributed by atoms with van der Waals surface area (Å²) in [7, 11) is 1.59. The zero-order valence-corrected chi connectivity index (χ0v) is 13.5. The van der Waals surface area contributed by atoms with Crippen LogP contribution < -0.4 is 19.5 Å². The minimum absolute atomic E-state index is 0.152. The van der Waals surface area contributed by atoms with Gasteiger partial charge in [-0.15, -0.1) is 0 Å². The smallest absolute Gasteiger partial charge is 0.223 e. The van der Waals surface area contributed by atoms with Crippen molar-refractivity contribution in [3.8, 4) is 17.2 Å². The van der Waals surface area contributed by atoms with E-state index in [1.165, 1.54) is 6.07 Å². The Balaban J connectivity index is 1.58. The van der Waals surface area contributed by atoms with Crippen molar-refractivity contribution in [1.29, 1.82) is 0 Å². The van der Waals surface area contributed by atoms with Crippen LogP contribution in [0.3, 0.4) is 0 Å². The zero-order chi connectivity index (χ0) is 17.2.